The first kappa shape index (κ1) is 9.39. The first-order valence-corrected chi connectivity index (χ1v) is 3.24. The summed E-state index contributed by atoms with van der Waals surface area (Å²) in [4.78, 5) is 14.9. The summed E-state index contributed by atoms with van der Waals surface area (Å²) in [7, 11) is 0. The van der Waals surface area contributed by atoms with E-state index in [1.165, 1.54) is 24.5 Å². The van der Waals surface area contributed by atoms with Gasteiger partial charge in [0.05, 0.1) is 11.1 Å². The molecule has 0 unspecified atom stereocenters. The van der Waals surface area contributed by atoms with Gasteiger partial charge < -0.3 is 5.73 Å². The number of nitrogens with zero attached hydrogens (tertiary/aromatic N) is 1. The molecule has 0 fully saturated rings. The molecule has 0 aromatic carbocycles. The van der Waals surface area contributed by atoms with Crippen LogP contribution < -0.4 is 5.73 Å². The third-order valence-electron chi connectivity index (χ3n) is 0.871. The molecular formula is C5H7ClN2OS. The minimum atomic E-state index is 0. The SMILES string of the molecule is CC(=O)c1cnc(N)s1.Cl. The second kappa shape index (κ2) is 3.53. The van der Waals surface area contributed by atoms with Crippen molar-refractivity contribution < 1.29 is 4.79 Å². The average molecular weight is 179 g/mol. The van der Waals surface area contributed by atoms with E-state index in [9.17, 15) is 4.79 Å². The van der Waals surface area contributed by atoms with E-state index in [4.69, 9.17) is 5.73 Å². The van der Waals surface area contributed by atoms with E-state index in [1.807, 2.05) is 0 Å². The van der Waals surface area contributed by atoms with E-state index in [-0.39, 0.29) is 18.2 Å². The molecule has 0 amide bonds. The molecular weight excluding hydrogens is 172 g/mol. The predicted molar refractivity (Wildman–Crippen MR) is 43.8 cm³/mol. The number of nitrogens with two attached hydrogens (primary N) is 1. The number of halogens is 1. The Morgan fingerprint density at radius 2 is 2.40 bits per heavy atom. The first-order valence-electron chi connectivity index (χ1n) is 2.42. The zero-order chi connectivity index (χ0) is 6.85. The van der Waals surface area contributed by atoms with E-state index in [1.54, 1.807) is 0 Å². The highest BCUT2D eigenvalue weighted by molar-refractivity contribution is 7.17. The number of rotatable bonds is 1. The smallest absolute Gasteiger partial charge is 0.180 e. The lowest BCUT2D eigenvalue weighted by molar-refractivity contribution is 0.102. The Kier molecular flexibility index (Phi) is 3.32. The average Bonchev–Trinajstić information content (AvgIpc) is 2.14. The summed E-state index contributed by atoms with van der Waals surface area (Å²) in [5.74, 6) is 0.0178. The van der Waals surface area contributed by atoms with Crippen LogP contribution in [0, 0.1) is 0 Å². The van der Waals surface area contributed by atoms with Gasteiger partial charge in [-0.05, 0) is 0 Å². The summed E-state index contributed by atoms with van der Waals surface area (Å²) in [5, 5.41) is 0.445. The number of nitrogen functional groups attached to an aromatic ring is 1. The van der Waals surface area contributed by atoms with Crippen LogP contribution >= 0.6 is 23.7 Å². The van der Waals surface area contributed by atoms with Crippen molar-refractivity contribution in [2.75, 3.05) is 5.73 Å². The Balaban J connectivity index is 0.000000810. The van der Waals surface area contributed by atoms with Gasteiger partial charge in [0.1, 0.15) is 0 Å². The molecule has 0 atom stereocenters. The van der Waals surface area contributed by atoms with Gasteiger partial charge in [-0.2, -0.15) is 0 Å². The fraction of sp³-hybridized carbons (Fsp3) is 0.200. The molecule has 1 aromatic heterocycles. The normalized spacial score (nSPS) is 8.50. The van der Waals surface area contributed by atoms with Crippen molar-refractivity contribution >= 4 is 34.7 Å². The molecule has 2 N–H and O–H groups in total. The summed E-state index contributed by atoms with van der Waals surface area (Å²) < 4.78 is 0. The maximum atomic E-state index is 10.6. The molecule has 0 aliphatic heterocycles. The van der Waals surface area contributed by atoms with Gasteiger partial charge in [0.2, 0.25) is 0 Å². The van der Waals surface area contributed by atoms with E-state index < -0.39 is 0 Å². The second-order valence-corrected chi connectivity index (χ2v) is 2.68. The van der Waals surface area contributed by atoms with Gasteiger partial charge in [-0.3, -0.25) is 4.79 Å². The number of thiazole rings is 1. The molecule has 0 radical (unpaired) electrons. The topological polar surface area (TPSA) is 56.0 Å². The Labute approximate surface area is 68.7 Å². The quantitative estimate of drug-likeness (QED) is 0.661. The lowest BCUT2D eigenvalue weighted by Crippen LogP contribution is -1.83. The molecule has 0 bridgehead atoms. The van der Waals surface area contributed by atoms with Gasteiger partial charge in [-0.1, -0.05) is 11.3 Å². The van der Waals surface area contributed by atoms with Crippen LogP contribution in [0.25, 0.3) is 0 Å². The van der Waals surface area contributed by atoms with Crippen molar-refractivity contribution in [3.63, 3.8) is 0 Å². The van der Waals surface area contributed by atoms with Crippen LogP contribution in [-0.2, 0) is 0 Å². The molecule has 1 aromatic rings. The Morgan fingerprint density at radius 3 is 2.60 bits per heavy atom. The van der Waals surface area contributed by atoms with Gasteiger partial charge in [0.25, 0.3) is 0 Å². The minimum Gasteiger partial charge on any atom is -0.375 e. The summed E-state index contributed by atoms with van der Waals surface area (Å²) in [6, 6.07) is 0. The molecule has 3 nitrogen and oxygen atoms in total. The molecule has 5 heteroatoms. The minimum absolute atomic E-state index is 0. The van der Waals surface area contributed by atoms with Crippen molar-refractivity contribution in [1.29, 1.82) is 0 Å². The van der Waals surface area contributed by atoms with E-state index in [2.05, 4.69) is 4.98 Å². The second-order valence-electron chi connectivity index (χ2n) is 1.62. The molecule has 0 aliphatic rings. The number of hydrogen-bond acceptors (Lipinski definition) is 4. The Bertz CT molecular complexity index is 235. The number of aromatic nitrogens is 1. The summed E-state index contributed by atoms with van der Waals surface area (Å²) in [6.45, 7) is 1.49. The van der Waals surface area contributed by atoms with Crippen molar-refractivity contribution in [3.8, 4) is 0 Å². The lowest BCUT2D eigenvalue weighted by Gasteiger charge is -1.79. The first-order chi connectivity index (χ1) is 4.20. The zero-order valence-electron chi connectivity index (χ0n) is 5.33. The molecule has 56 valence electrons. The summed E-state index contributed by atoms with van der Waals surface area (Å²) in [6.07, 6.45) is 1.49. The van der Waals surface area contributed by atoms with Crippen molar-refractivity contribution in [3.05, 3.63) is 11.1 Å². The molecule has 10 heavy (non-hydrogen) atoms. The fourth-order valence-electron chi connectivity index (χ4n) is 0.450. The number of anilines is 1. The number of carbonyl (C=O) groups is 1. The third kappa shape index (κ3) is 1.97. The highest BCUT2D eigenvalue weighted by Crippen LogP contribution is 2.13. The fourth-order valence-corrected chi connectivity index (χ4v) is 1.03. The predicted octanol–water partition coefficient (Wildman–Crippen LogP) is 1.35. The van der Waals surface area contributed by atoms with Crippen LogP contribution in [0.15, 0.2) is 6.20 Å². The van der Waals surface area contributed by atoms with Crippen LogP contribution in [0.1, 0.15) is 16.6 Å². The van der Waals surface area contributed by atoms with Gasteiger partial charge in [-0.15, -0.1) is 12.4 Å². The molecule has 0 spiro atoms. The molecule has 0 aliphatic carbocycles. The van der Waals surface area contributed by atoms with Crippen LogP contribution in [-0.4, -0.2) is 10.8 Å². The molecule has 0 saturated carbocycles. The Morgan fingerprint density at radius 1 is 1.80 bits per heavy atom. The highest BCUT2D eigenvalue weighted by atomic mass is 35.5. The number of hydrogen-bond donors (Lipinski definition) is 1. The standard InChI is InChI=1S/C5H6N2OS.ClH/c1-3(8)4-2-7-5(6)9-4;/h2H,1H3,(H2,6,7);1H. The van der Waals surface area contributed by atoms with Crippen LogP contribution in [0.2, 0.25) is 0 Å². The van der Waals surface area contributed by atoms with Crippen LogP contribution in [0.5, 0.6) is 0 Å². The Hall–Kier alpha value is -0.610. The monoisotopic (exact) mass is 178 g/mol. The van der Waals surface area contributed by atoms with Gasteiger partial charge >= 0.3 is 0 Å². The van der Waals surface area contributed by atoms with Gasteiger partial charge in [0.15, 0.2) is 10.9 Å². The van der Waals surface area contributed by atoms with E-state index in [0.29, 0.717) is 10.0 Å². The van der Waals surface area contributed by atoms with Crippen molar-refractivity contribution in [1.82, 2.24) is 4.98 Å². The van der Waals surface area contributed by atoms with Crippen molar-refractivity contribution in [2.24, 2.45) is 0 Å². The van der Waals surface area contributed by atoms with E-state index >= 15 is 0 Å². The van der Waals surface area contributed by atoms with Crippen molar-refractivity contribution in [2.45, 2.75) is 6.92 Å². The molecule has 0 saturated heterocycles. The molecule has 1 heterocycles. The van der Waals surface area contributed by atoms with E-state index in [0.717, 1.165) is 0 Å². The van der Waals surface area contributed by atoms with Crippen LogP contribution in [0.4, 0.5) is 5.13 Å². The van der Waals surface area contributed by atoms with Gasteiger partial charge in [0, 0.05) is 6.92 Å². The van der Waals surface area contributed by atoms with Crippen LogP contribution in [0.3, 0.4) is 0 Å². The van der Waals surface area contributed by atoms with Gasteiger partial charge in [-0.25, -0.2) is 4.98 Å². The summed E-state index contributed by atoms with van der Waals surface area (Å²) >= 11 is 1.21. The summed E-state index contributed by atoms with van der Waals surface area (Å²) in [5.41, 5.74) is 5.27. The molecule has 1 rings (SSSR count). The zero-order valence-corrected chi connectivity index (χ0v) is 6.96. The number of ketones is 1. The largest absolute Gasteiger partial charge is 0.375 e. The maximum absolute atomic E-state index is 10.6. The highest BCUT2D eigenvalue weighted by Gasteiger charge is 2.01. The third-order valence-corrected chi connectivity index (χ3v) is 1.80. The lowest BCUT2D eigenvalue weighted by atomic mass is 10.4. The number of carbonyl (C=O) groups excluding carboxylic acids is 1. The maximum Gasteiger partial charge on any atom is 0.180 e. The number of Topliss-reactive ketones (excluding diaryl/α,β-unsaturated/α-hetero) is 1.